The number of rotatable bonds is 4. The molecule has 0 fully saturated rings. The highest BCUT2D eigenvalue weighted by Gasteiger charge is 2.73. The van der Waals surface area contributed by atoms with E-state index in [2.05, 4.69) is 0 Å². The van der Waals surface area contributed by atoms with E-state index in [1.807, 2.05) is 0 Å². The van der Waals surface area contributed by atoms with Crippen molar-refractivity contribution in [1.29, 1.82) is 0 Å². The van der Waals surface area contributed by atoms with Crippen molar-refractivity contribution >= 4 is 0 Å². The van der Waals surface area contributed by atoms with Gasteiger partial charge in [-0.1, -0.05) is 54.6 Å². The van der Waals surface area contributed by atoms with E-state index in [9.17, 15) is 35.8 Å². The van der Waals surface area contributed by atoms with Crippen molar-refractivity contribution in [2.45, 2.75) is 37.0 Å². The molecule has 1 unspecified atom stereocenters. The van der Waals surface area contributed by atoms with E-state index in [0.29, 0.717) is 5.56 Å². The predicted octanol–water partition coefficient (Wildman–Crippen LogP) is 5.78. The van der Waals surface area contributed by atoms with E-state index in [0.717, 1.165) is 6.92 Å². The minimum absolute atomic E-state index is 0.213. The maximum absolute atomic E-state index is 14.1. The third-order valence-electron chi connectivity index (χ3n) is 4.08. The fourth-order valence-electron chi connectivity index (χ4n) is 2.75. The second-order valence-electron chi connectivity index (χ2n) is 6.16. The Kier molecular flexibility index (Phi) is 5.11. The third-order valence-corrected chi connectivity index (χ3v) is 4.08. The van der Waals surface area contributed by atoms with Crippen LogP contribution in [0.4, 0.5) is 30.7 Å². The predicted molar refractivity (Wildman–Crippen MR) is 82.0 cm³/mol. The fraction of sp³-hybridized carbons (Fsp3) is 0.333. The first-order valence-corrected chi connectivity index (χ1v) is 7.49. The molecule has 0 bridgehead atoms. The average molecular weight is 380 g/mol. The van der Waals surface area contributed by atoms with Gasteiger partial charge in [-0.05, 0) is 23.6 Å². The van der Waals surface area contributed by atoms with Crippen LogP contribution in [-0.2, 0) is 5.60 Å². The van der Waals surface area contributed by atoms with Crippen LogP contribution >= 0.6 is 0 Å². The van der Waals surface area contributed by atoms with E-state index in [1.54, 1.807) is 30.3 Å². The lowest BCUT2D eigenvalue weighted by atomic mass is 9.80. The van der Waals surface area contributed by atoms with E-state index >= 15 is 0 Å². The number of benzene rings is 2. The molecule has 1 atom stereocenters. The van der Waals surface area contributed by atoms with E-state index in [1.165, 1.54) is 24.3 Å². The minimum atomic E-state index is -6.23. The molecule has 1 nitrogen and oxygen atoms in total. The van der Waals surface area contributed by atoms with Gasteiger partial charge in [0.25, 0.3) is 0 Å². The average Bonchev–Trinajstić information content (AvgIpc) is 2.53. The Bertz CT molecular complexity index is 734. The van der Waals surface area contributed by atoms with Crippen LogP contribution in [0.1, 0.15) is 18.9 Å². The Balaban J connectivity index is 2.55. The summed E-state index contributed by atoms with van der Waals surface area (Å²) in [7, 11) is 0. The Hall–Kier alpha value is -2.09. The summed E-state index contributed by atoms with van der Waals surface area (Å²) in [6.45, 7) is 0.737. The molecular formula is C18H15F7O. The molecule has 0 radical (unpaired) electrons. The molecule has 2 rings (SSSR count). The Morgan fingerprint density at radius 3 is 1.69 bits per heavy atom. The van der Waals surface area contributed by atoms with Crippen molar-refractivity contribution < 1.29 is 35.8 Å². The van der Waals surface area contributed by atoms with Gasteiger partial charge in [0.2, 0.25) is 0 Å². The molecule has 0 amide bonds. The zero-order valence-corrected chi connectivity index (χ0v) is 13.5. The zero-order chi connectivity index (χ0) is 19.8. The van der Waals surface area contributed by atoms with Crippen LogP contribution < -0.4 is 0 Å². The molecule has 0 spiro atoms. The van der Waals surface area contributed by atoms with Crippen LogP contribution in [0.5, 0.6) is 0 Å². The molecule has 0 saturated heterocycles. The standard InChI is InChI=1S/C18H15F7O/c1-15(26,11-16(19,17(20,21)22)18(23,24)25)14-10-6-5-9-13(14)12-7-3-2-4-8-12/h2-10,26H,11H2,1H3. The summed E-state index contributed by atoms with van der Waals surface area (Å²) >= 11 is 0. The second kappa shape index (κ2) is 6.57. The van der Waals surface area contributed by atoms with E-state index in [-0.39, 0.29) is 11.1 Å². The van der Waals surface area contributed by atoms with Gasteiger partial charge >= 0.3 is 18.0 Å². The van der Waals surface area contributed by atoms with Gasteiger partial charge in [0.15, 0.2) is 0 Å². The molecule has 0 aliphatic rings. The topological polar surface area (TPSA) is 20.2 Å². The summed E-state index contributed by atoms with van der Waals surface area (Å²) in [5.74, 6) is 0. The van der Waals surface area contributed by atoms with Gasteiger partial charge in [-0.25, -0.2) is 4.39 Å². The third kappa shape index (κ3) is 3.70. The highest BCUT2D eigenvalue weighted by atomic mass is 19.4. The first-order valence-electron chi connectivity index (χ1n) is 7.49. The summed E-state index contributed by atoms with van der Waals surface area (Å²) in [5, 5.41) is 10.5. The van der Waals surface area contributed by atoms with Crippen molar-refractivity contribution in [1.82, 2.24) is 0 Å². The minimum Gasteiger partial charge on any atom is -0.385 e. The highest BCUT2D eigenvalue weighted by molar-refractivity contribution is 5.68. The van der Waals surface area contributed by atoms with Gasteiger partial charge in [0.1, 0.15) is 0 Å². The number of hydrogen-bond donors (Lipinski definition) is 1. The van der Waals surface area contributed by atoms with Crippen molar-refractivity contribution in [2.24, 2.45) is 0 Å². The van der Waals surface area contributed by atoms with Crippen LogP contribution in [-0.4, -0.2) is 23.1 Å². The molecule has 2 aromatic carbocycles. The number of alkyl halides is 7. The lowest BCUT2D eigenvalue weighted by Gasteiger charge is -2.36. The molecule has 0 heterocycles. The molecule has 26 heavy (non-hydrogen) atoms. The number of hydrogen-bond acceptors (Lipinski definition) is 1. The second-order valence-corrected chi connectivity index (χ2v) is 6.16. The molecule has 2 aromatic rings. The van der Waals surface area contributed by atoms with Gasteiger partial charge in [-0.2, -0.15) is 26.3 Å². The summed E-state index contributed by atoms with van der Waals surface area (Å²) in [5.41, 5.74) is -7.84. The Morgan fingerprint density at radius 1 is 0.731 bits per heavy atom. The van der Waals surface area contributed by atoms with Gasteiger partial charge in [0, 0.05) is 6.42 Å². The Labute approximate surface area is 145 Å². The lowest BCUT2D eigenvalue weighted by Crippen LogP contribution is -2.56. The molecule has 0 saturated carbocycles. The van der Waals surface area contributed by atoms with Crippen molar-refractivity contribution in [3.8, 4) is 11.1 Å². The maximum Gasteiger partial charge on any atom is 0.431 e. The van der Waals surface area contributed by atoms with Gasteiger partial charge in [0.05, 0.1) is 5.60 Å². The van der Waals surface area contributed by atoms with Crippen molar-refractivity contribution in [2.75, 3.05) is 0 Å². The monoisotopic (exact) mass is 380 g/mol. The molecule has 1 N–H and O–H groups in total. The van der Waals surface area contributed by atoms with Gasteiger partial charge in [-0.3, -0.25) is 0 Å². The van der Waals surface area contributed by atoms with Gasteiger partial charge < -0.3 is 5.11 Å². The van der Waals surface area contributed by atoms with Crippen molar-refractivity contribution in [3.05, 3.63) is 60.2 Å². The lowest BCUT2D eigenvalue weighted by molar-refractivity contribution is -0.352. The largest absolute Gasteiger partial charge is 0.431 e. The molecule has 0 aliphatic heterocycles. The smallest absolute Gasteiger partial charge is 0.385 e. The molecular weight excluding hydrogens is 365 g/mol. The number of halogens is 7. The van der Waals surface area contributed by atoms with Crippen LogP contribution in [0.25, 0.3) is 11.1 Å². The normalized spacial score (nSPS) is 15.6. The molecule has 142 valence electrons. The maximum atomic E-state index is 14.1. The van der Waals surface area contributed by atoms with E-state index in [4.69, 9.17) is 0 Å². The van der Waals surface area contributed by atoms with Crippen LogP contribution in [0.2, 0.25) is 0 Å². The molecule has 8 heteroatoms. The number of aliphatic hydroxyl groups is 1. The first kappa shape index (κ1) is 20.2. The van der Waals surface area contributed by atoms with Crippen molar-refractivity contribution in [3.63, 3.8) is 0 Å². The fourth-order valence-corrected chi connectivity index (χ4v) is 2.75. The quantitative estimate of drug-likeness (QED) is 0.667. The SMILES string of the molecule is CC(O)(CC(F)(C(F)(F)F)C(F)(F)F)c1ccccc1-c1ccccc1. The van der Waals surface area contributed by atoms with Crippen LogP contribution in [0, 0.1) is 0 Å². The summed E-state index contributed by atoms with van der Waals surface area (Å²) < 4.78 is 91.3. The first-order chi connectivity index (χ1) is 11.8. The summed E-state index contributed by atoms with van der Waals surface area (Å²) in [6, 6.07) is 13.5. The highest BCUT2D eigenvalue weighted by Crippen LogP contribution is 2.52. The molecule has 0 aliphatic carbocycles. The molecule has 0 aromatic heterocycles. The van der Waals surface area contributed by atoms with E-state index < -0.39 is 30.0 Å². The summed E-state index contributed by atoms with van der Waals surface area (Å²) in [6.07, 6.45) is -14.7. The van der Waals surface area contributed by atoms with Crippen LogP contribution in [0.3, 0.4) is 0 Å². The summed E-state index contributed by atoms with van der Waals surface area (Å²) in [4.78, 5) is 0. The van der Waals surface area contributed by atoms with Crippen LogP contribution in [0.15, 0.2) is 54.6 Å². The Morgan fingerprint density at radius 2 is 1.19 bits per heavy atom. The zero-order valence-electron chi connectivity index (χ0n) is 13.5. The van der Waals surface area contributed by atoms with Gasteiger partial charge in [-0.15, -0.1) is 0 Å².